The van der Waals surface area contributed by atoms with Crippen molar-refractivity contribution in [2.75, 3.05) is 33.0 Å². The molecule has 1 aromatic rings. The summed E-state index contributed by atoms with van der Waals surface area (Å²) in [5, 5.41) is 3.26. The van der Waals surface area contributed by atoms with E-state index in [1.165, 1.54) is 5.56 Å². The van der Waals surface area contributed by atoms with Crippen molar-refractivity contribution in [3.05, 3.63) is 23.8 Å². The number of ether oxygens (including phenoxy) is 2. The standard InChI is InChI=1S/C15H20N2O3/c18-15(17-8-6-16-7-9-17)3-1-2-12-4-5-13-14(10-12)20-11-19-13/h4-5,10,16H,1-3,6-9,11H2. The van der Waals surface area contributed by atoms with E-state index in [9.17, 15) is 4.79 Å². The molecule has 0 aromatic heterocycles. The van der Waals surface area contributed by atoms with Crippen LogP contribution in [0.5, 0.6) is 11.5 Å². The smallest absolute Gasteiger partial charge is 0.231 e. The lowest BCUT2D eigenvalue weighted by molar-refractivity contribution is -0.131. The molecule has 0 radical (unpaired) electrons. The van der Waals surface area contributed by atoms with E-state index in [2.05, 4.69) is 5.32 Å². The van der Waals surface area contributed by atoms with Gasteiger partial charge in [0.25, 0.3) is 0 Å². The number of piperazine rings is 1. The van der Waals surface area contributed by atoms with E-state index in [4.69, 9.17) is 9.47 Å². The van der Waals surface area contributed by atoms with Gasteiger partial charge in [0.1, 0.15) is 0 Å². The Morgan fingerprint density at radius 1 is 1.20 bits per heavy atom. The van der Waals surface area contributed by atoms with Gasteiger partial charge in [-0.05, 0) is 30.5 Å². The van der Waals surface area contributed by atoms with Crippen LogP contribution < -0.4 is 14.8 Å². The van der Waals surface area contributed by atoms with Gasteiger partial charge in [-0.15, -0.1) is 0 Å². The van der Waals surface area contributed by atoms with Gasteiger partial charge in [0.15, 0.2) is 11.5 Å². The third-order valence-corrected chi connectivity index (χ3v) is 3.76. The maximum Gasteiger partial charge on any atom is 0.231 e. The number of rotatable bonds is 4. The summed E-state index contributed by atoms with van der Waals surface area (Å²) in [6.07, 6.45) is 2.39. The molecule has 0 saturated carbocycles. The molecule has 108 valence electrons. The molecule has 1 aromatic carbocycles. The summed E-state index contributed by atoms with van der Waals surface area (Å²) in [6.45, 7) is 3.80. The van der Waals surface area contributed by atoms with Crippen LogP contribution in [0.4, 0.5) is 0 Å². The van der Waals surface area contributed by atoms with E-state index in [1.807, 2.05) is 23.1 Å². The van der Waals surface area contributed by atoms with Crippen LogP contribution >= 0.6 is 0 Å². The SMILES string of the molecule is O=C(CCCc1ccc2c(c1)OCO2)N1CCNCC1. The zero-order valence-corrected chi connectivity index (χ0v) is 11.6. The molecule has 2 aliphatic rings. The summed E-state index contributed by atoms with van der Waals surface area (Å²) < 4.78 is 10.6. The molecule has 0 spiro atoms. The molecular formula is C15H20N2O3. The average molecular weight is 276 g/mol. The Labute approximate surface area is 118 Å². The van der Waals surface area contributed by atoms with Crippen molar-refractivity contribution in [2.24, 2.45) is 0 Å². The van der Waals surface area contributed by atoms with Gasteiger partial charge in [0.05, 0.1) is 0 Å². The molecule has 1 saturated heterocycles. The molecule has 2 aliphatic heterocycles. The molecule has 1 N–H and O–H groups in total. The first kappa shape index (κ1) is 13.2. The zero-order valence-electron chi connectivity index (χ0n) is 11.6. The molecule has 0 aliphatic carbocycles. The summed E-state index contributed by atoms with van der Waals surface area (Å²) in [5.41, 5.74) is 1.20. The van der Waals surface area contributed by atoms with E-state index >= 15 is 0 Å². The van der Waals surface area contributed by atoms with E-state index in [1.54, 1.807) is 0 Å². The van der Waals surface area contributed by atoms with Crippen molar-refractivity contribution in [1.29, 1.82) is 0 Å². The Morgan fingerprint density at radius 2 is 2.00 bits per heavy atom. The maximum absolute atomic E-state index is 12.0. The van der Waals surface area contributed by atoms with Crippen LogP contribution in [0.3, 0.4) is 0 Å². The van der Waals surface area contributed by atoms with Crippen LogP contribution in [-0.2, 0) is 11.2 Å². The highest BCUT2D eigenvalue weighted by Crippen LogP contribution is 2.32. The summed E-state index contributed by atoms with van der Waals surface area (Å²) in [6, 6.07) is 6.00. The first-order valence-corrected chi connectivity index (χ1v) is 7.20. The lowest BCUT2D eigenvalue weighted by Gasteiger charge is -2.27. The molecule has 2 heterocycles. The van der Waals surface area contributed by atoms with Gasteiger partial charge in [-0.1, -0.05) is 6.07 Å². The van der Waals surface area contributed by atoms with E-state index in [0.29, 0.717) is 13.2 Å². The van der Waals surface area contributed by atoms with Gasteiger partial charge >= 0.3 is 0 Å². The van der Waals surface area contributed by atoms with Crippen LogP contribution in [0.2, 0.25) is 0 Å². The predicted octanol–water partition coefficient (Wildman–Crippen LogP) is 1.17. The van der Waals surface area contributed by atoms with Crippen LogP contribution in [0.15, 0.2) is 18.2 Å². The molecule has 1 fully saturated rings. The monoisotopic (exact) mass is 276 g/mol. The van der Waals surface area contributed by atoms with Crippen LogP contribution in [0, 0.1) is 0 Å². The van der Waals surface area contributed by atoms with E-state index in [-0.39, 0.29) is 5.91 Å². The number of hydrogen-bond donors (Lipinski definition) is 1. The Kier molecular flexibility index (Phi) is 4.06. The van der Waals surface area contributed by atoms with Gasteiger partial charge in [0.2, 0.25) is 12.7 Å². The number of amides is 1. The molecule has 0 unspecified atom stereocenters. The zero-order chi connectivity index (χ0) is 13.8. The number of nitrogens with zero attached hydrogens (tertiary/aromatic N) is 1. The fourth-order valence-electron chi connectivity index (χ4n) is 2.61. The second kappa shape index (κ2) is 6.13. The van der Waals surface area contributed by atoms with Gasteiger partial charge < -0.3 is 19.7 Å². The van der Waals surface area contributed by atoms with Crippen LogP contribution in [0.1, 0.15) is 18.4 Å². The highest BCUT2D eigenvalue weighted by molar-refractivity contribution is 5.76. The summed E-state index contributed by atoms with van der Waals surface area (Å²) in [7, 11) is 0. The Hall–Kier alpha value is -1.75. The topological polar surface area (TPSA) is 50.8 Å². The Balaban J connectivity index is 1.46. The quantitative estimate of drug-likeness (QED) is 0.897. The summed E-state index contributed by atoms with van der Waals surface area (Å²) in [4.78, 5) is 14.0. The molecule has 20 heavy (non-hydrogen) atoms. The number of aryl methyl sites for hydroxylation is 1. The molecule has 5 nitrogen and oxygen atoms in total. The van der Waals surface area contributed by atoms with Crippen molar-refractivity contribution in [1.82, 2.24) is 10.2 Å². The second-order valence-corrected chi connectivity index (χ2v) is 5.17. The van der Waals surface area contributed by atoms with Crippen molar-refractivity contribution in [2.45, 2.75) is 19.3 Å². The van der Waals surface area contributed by atoms with E-state index in [0.717, 1.165) is 50.5 Å². The lowest BCUT2D eigenvalue weighted by Crippen LogP contribution is -2.46. The number of nitrogens with one attached hydrogen (secondary N) is 1. The molecule has 0 bridgehead atoms. The minimum Gasteiger partial charge on any atom is -0.454 e. The van der Waals surface area contributed by atoms with Gasteiger partial charge in [-0.2, -0.15) is 0 Å². The minimum absolute atomic E-state index is 0.271. The van der Waals surface area contributed by atoms with Crippen LogP contribution in [0.25, 0.3) is 0 Å². The Morgan fingerprint density at radius 3 is 2.85 bits per heavy atom. The third kappa shape index (κ3) is 3.04. The highest BCUT2D eigenvalue weighted by Gasteiger charge is 2.16. The molecule has 1 amide bonds. The number of hydrogen-bond acceptors (Lipinski definition) is 4. The maximum atomic E-state index is 12.0. The van der Waals surface area contributed by atoms with Gasteiger partial charge in [-0.3, -0.25) is 4.79 Å². The van der Waals surface area contributed by atoms with Gasteiger partial charge in [0, 0.05) is 32.6 Å². The van der Waals surface area contributed by atoms with Crippen LogP contribution in [-0.4, -0.2) is 43.8 Å². The Bertz CT molecular complexity index is 484. The first-order valence-electron chi connectivity index (χ1n) is 7.20. The second-order valence-electron chi connectivity index (χ2n) is 5.17. The normalized spacial score (nSPS) is 17.3. The van der Waals surface area contributed by atoms with E-state index < -0.39 is 0 Å². The van der Waals surface area contributed by atoms with Crippen molar-refractivity contribution in [3.63, 3.8) is 0 Å². The largest absolute Gasteiger partial charge is 0.454 e. The average Bonchev–Trinajstić information content (AvgIpc) is 2.95. The fourth-order valence-corrected chi connectivity index (χ4v) is 2.61. The summed E-state index contributed by atoms with van der Waals surface area (Å²) >= 11 is 0. The number of fused-ring (bicyclic) bond motifs is 1. The molecule has 0 atom stereocenters. The predicted molar refractivity (Wildman–Crippen MR) is 75.0 cm³/mol. The third-order valence-electron chi connectivity index (χ3n) is 3.76. The minimum atomic E-state index is 0.271. The lowest BCUT2D eigenvalue weighted by atomic mass is 10.1. The fraction of sp³-hybridized carbons (Fsp3) is 0.533. The number of carbonyl (C=O) groups is 1. The van der Waals surface area contributed by atoms with Crippen molar-refractivity contribution in [3.8, 4) is 11.5 Å². The number of benzene rings is 1. The molecule has 3 rings (SSSR count). The van der Waals surface area contributed by atoms with Crippen molar-refractivity contribution < 1.29 is 14.3 Å². The first-order chi connectivity index (χ1) is 9.83. The summed E-state index contributed by atoms with van der Waals surface area (Å²) in [5.74, 6) is 1.90. The molecule has 5 heteroatoms. The number of carbonyl (C=O) groups excluding carboxylic acids is 1. The van der Waals surface area contributed by atoms with Crippen molar-refractivity contribution >= 4 is 5.91 Å². The van der Waals surface area contributed by atoms with Gasteiger partial charge in [-0.25, -0.2) is 0 Å². The highest BCUT2D eigenvalue weighted by atomic mass is 16.7. The molecular weight excluding hydrogens is 256 g/mol.